The third-order valence-corrected chi connectivity index (χ3v) is 0. The van der Waals surface area contributed by atoms with Gasteiger partial charge in [-0.25, -0.2) is 0 Å². The third-order valence-electron chi connectivity index (χ3n) is 0. The summed E-state index contributed by atoms with van der Waals surface area (Å²) in [5, 5.41) is 13.6. The molecule has 0 aromatic heterocycles. The van der Waals surface area contributed by atoms with Crippen molar-refractivity contribution in [2.75, 3.05) is 0 Å². The molecule has 0 atom stereocenters. The summed E-state index contributed by atoms with van der Waals surface area (Å²) < 4.78 is 34.1. The summed E-state index contributed by atoms with van der Waals surface area (Å²) in [6.45, 7) is 0. The Kier molecular flexibility index (Phi) is 21.0. The molecular weight excluding hydrogens is 212 g/mol. The minimum atomic E-state index is -5.17. The normalized spacial score (nSPS) is 7.45. The molecule has 0 aliphatic carbocycles. The van der Waals surface area contributed by atoms with Crippen LogP contribution in [-0.2, 0) is 10.4 Å². The summed E-state index contributed by atoms with van der Waals surface area (Å²) >= 11 is 0. The summed E-state index contributed by atoms with van der Waals surface area (Å²) in [6, 6.07) is 0. The van der Waals surface area contributed by atoms with Gasteiger partial charge in [-0.05, 0) is 0 Å². The van der Waals surface area contributed by atoms with Gasteiger partial charge in [0.05, 0.1) is 0 Å². The van der Waals surface area contributed by atoms with Gasteiger partial charge < -0.3 is 20.5 Å². The van der Waals surface area contributed by atoms with Crippen molar-refractivity contribution >= 4 is 48.1 Å². The largest absolute Gasteiger partial charge is 2.00 e. The van der Waals surface area contributed by atoms with Crippen LogP contribution in [0.3, 0.4) is 0 Å². The van der Waals surface area contributed by atoms with Crippen LogP contribution in [0.5, 0.6) is 0 Å². The van der Waals surface area contributed by atoms with Gasteiger partial charge in [0.1, 0.15) is 0 Å². The first-order valence-corrected chi connectivity index (χ1v) is 2.57. The SMILES string of the molecule is N.O=S(=O)([O-])[O-].O=[N+]([O-])O.[Ca+2]. The number of hydrogen-bond acceptors (Lipinski definition) is 7. The zero-order valence-corrected chi connectivity index (χ0v) is 8.19. The summed E-state index contributed by atoms with van der Waals surface area (Å²) in [6.07, 6.45) is 0. The molecule has 0 aliphatic rings. The first-order chi connectivity index (χ1) is 3.73. The fourth-order valence-electron chi connectivity index (χ4n) is 0. The Hall–Kier alpha value is 0.290. The molecule has 0 aromatic carbocycles. The van der Waals surface area contributed by atoms with Gasteiger partial charge in [0.2, 0.25) is 0 Å². The first-order valence-electron chi connectivity index (χ1n) is 1.23. The standard InChI is InChI=1S/Ca.HNO3.H3N.H2O4S/c;2-1(3)4;;1-5(2,3)4/h;(H,2,3,4);1H3;(H2,1,2,3,4)/q+2;;;/p-2. The second kappa shape index (κ2) is 10.3. The average Bonchev–Trinajstić information content (AvgIpc) is 1.19. The van der Waals surface area contributed by atoms with Gasteiger partial charge in [-0.15, -0.1) is 10.1 Å². The zero-order chi connectivity index (χ0) is 8.08. The Morgan fingerprint density at radius 3 is 1.27 bits per heavy atom. The Balaban J connectivity index is -0.0000000383. The zero-order valence-electron chi connectivity index (χ0n) is 5.17. The van der Waals surface area contributed by atoms with Crippen molar-refractivity contribution in [3.05, 3.63) is 10.1 Å². The van der Waals surface area contributed by atoms with Crippen LogP contribution in [-0.4, -0.2) is 65.6 Å². The van der Waals surface area contributed by atoms with Gasteiger partial charge in [0.25, 0.3) is 5.09 Å². The molecule has 0 amide bonds. The molecule has 64 valence electrons. The van der Waals surface area contributed by atoms with E-state index in [2.05, 4.69) is 0 Å². The molecule has 0 saturated carbocycles. The van der Waals surface area contributed by atoms with E-state index in [-0.39, 0.29) is 43.9 Å². The van der Waals surface area contributed by atoms with Gasteiger partial charge in [0.15, 0.2) is 0 Å². The van der Waals surface area contributed by atoms with Gasteiger partial charge in [-0.3, -0.25) is 8.42 Å². The second-order valence-electron chi connectivity index (χ2n) is 0.646. The maximum atomic E-state index is 8.52. The van der Waals surface area contributed by atoms with E-state index >= 15 is 0 Å². The molecule has 0 aromatic rings. The number of rotatable bonds is 0. The van der Waals surface area contributed by atoms with Gasteiger partial charge in [-0.2, -0.15) is 0 Å². The molecule has 0 fully saturated rings. The summed E-state index contributed by atoms with van der Waals surface area (Å²) in [5.41, 5.74) is 0. The van der Waals surface area contributed by atoms with Crippen molar-refractivity contribution in [3.63, 3.8) is 0 Å². The van der Waals surface area contributed by atoms with E-state index in [4.69, 9.17) is 32.8 Å². The van der Waals surface area contributed by atoms with E-state index in [1.54, 1.807) is 0 Å². The van der Waals surface area contributed by atoms with Crippen LogP contribution in [0.25, 0.3) is 0 Å². The minimum absolute atomic E-state index is 0. The molecule has 0 unspecified atom stereocenters. The molecule has 0 radical (unpaired) electrons. The van der Waals surface area contributed by atoms with Crippen LogP contribution in [0.1, 0.15) is 0 Å². The smallest absolute Gasteiger partial charge is 0.759 e. The van der Waals surface area contributed by atoms with Crippen molar-refractivity contribution in [1.82, 2.24) is 6.15 Å². The van der Waals surface area contributed by atoms with Crippen LogP contribution in [0.4, 0.5) is 0 Å². The van der Waals surface area contributed by atoms with Crippen LogP contribution in [0, 0.1) is 10.1 Å². The van der Waals surface area contributed by atoms with E-state index in [0.29, 0.717) is 0 Å². The summed E-state index contributed by atoms with van der Waals surface area (Å²) in [7, 11) is -5.17. The predicted molar refractivity (Wildman–Crippen MR) is 30.0 cm³/mol. The van der Waals surface area contributed by atoms with E-state index in [9.17, 15) is 0 Å². The Morgan fingerprint density at radius 1 is 1.27 bits per heavy atom. The molecule has 0 rings (SSSR count). The van der Waals surface area contributed by atoms with E-state index in [0.717, 1.165) is 0 Å². The molecule has 0 bridgehead atoms. The molecule has 0 heterocycles. The molecule has 11 heavy (non-hydrogen) atoms. The van der Waals surface area contributed by atoms with Crippen LogP contribution >= 0.6 is 0 Å². The molecule has 9 nitrogen and oxygen atoms in total. The summed E-state index contributed by atoms with van der Waals surface area (Å²) in [4.78, 5) is 8.36. The topological polar surface area (TPSA) is 179 Å². The van der Waals surface area contributed by atoms with Crippen molar-refractivity contribution in [1.29, 1.82) is 0 Å². The van der Waals surface area contributed by atoms with E-state index in [1.807, 2.05) is 0 Å². The van der Waals surface area contributed by atoms with Crippen molar-refractivity contribution in [2.24, 2.45) is 0 Å². The van der Waals surface area contributed by atoms with E-state index < -0.39 is 15.5 Å². The Bertz CT molecular complexity index is 159. The van der Waals surface area contributed by atoms with Crippen molar-refractivity contribution in [2.45, 2.75) is 0 Å². The maximum Gasteiger partial charge on any atom is 2.00 e. The van der Waals surface area contributed by atoms with Gasteiger partial charge in [0, 0.05) is 10.4 Å². The van der Waals surface area contributed by atoms with Crippen molar-refractivity contribution < 1.29 is 27.8 Å². The third kappa shape index (κ3) is 8420. The van der Waals surface area contributed by atoms with Gasteiger partial charge in [-0.1, -0.05) is 0 Å². The maximum absolute atomic E-state index is 8.52. The Labute approximate surface area is 91.7 Å². The minimum Gasteiger partial charge on any atom is -0.759 e. The van der Waals surface area contributed by atoms with Crippen molar-refractivity contribution in [3.8, 4) is 0 Å². The molecule has 4 N–H and O–H groups in total. The molecule has 0 saturated heterocycles. The fraction of sp³-hybridized carbons (Fsp3) is 0. The second-order valence-corrected chi connectivity index (χ2v) is 1.46. The van der Waals surface area contributed by atoms with Crippen LogP contribution < -0.4 is 6.15 Å². The molecule has 0 aliphatic heterocycles. The number of nitrogens with zero attached hydrogens (tertiary/aromatic N) is 1. The quantitative estimate of drug-likeness (QED) is 0.155. The average molecular weight is 216 g/mol. The molecule has 0 spiro atoms. The van der Waals surface area contributed by atoms with Crippen LogP contribution in [0.2, 0.25) is 0 Å². The summed E-state index contributed by atoms with van der Waals surface area (Å²) in [5.74, 6) is 0. The fourth-order valence-corrected chi connectivity index (χ4v) is 0. The monoisotopic (exact) mass is 216 g/mol. The Morgan fingerprint density at radius 2 is 1.27 bits per heavy atom. The van der Waals surface area contributed by atoms with E-state index in [1.165, 1.54) is 0 Å². The number of hydrogen-bond donors (Lipinski definition) is 2. The van der Waals surface area contributed by atoms with Gasteiger partial charge >= 0.3 is 37.7 Å². The predicted octanol–water partition coefficient (Wildman–Crippen LogP) is -1.90. The molecule has 11 heteroatoms. The van der Waals surface area contributed by atoms with Crippen LogP contribution in [0.15, 0.2) is 0 Å². The molecular formula is H4CaN2O7S. The first kappa shape index (κ1) is 22.5.